The molecule has 0 saturated heterocycles. The molecule has 35 heavy (non-hydrogen) atoms. The molecule has 5 nitrogen and oxygen atoms in total. The maximum Gasteiger partial charge on any atom is 0.262 e. The molecule has 186 valence electrons. The van der Waals surface area contributed by atoms with Gasteiger partial charge in [-0.3, -0.25) is 4.79 Å². The molecule has 5 heteroatoms. The van der Waals surface area contributed by atoms with E-state index in [1.54, 1.807) is 6.07 Å². The molecule has 1 N–H and O–H groups in total. The van der Waals surface area contributed by atoms with Crippen molar-refractivity contribution in [2.45, 2.75) is 52.4 Å². The first-order valence-corrected chi connectivity index (χ1v) is 12.0. The van der Waals surface area contributed by atoms with E-state index >= 15 is 0 Å². The van der Waals surface area contributed by atoms with E-state index in [1.807, 2.05) is 54.6 Å². The molecule has 0 bridgehead atoms. The van der Waals surface area contributed by atoms with Gasteiger partial charge in [0, 0.05) is 11.8 Å². The predicted octanol–water partition coefficient (Wildman–Crippen LogP) is 6.76. The lowest BCUT2D eigenvalue weighted by atomic mass is 9.80. The van der Waals surface area contributed by atoms with Crippen LogP contribution in [0.3, 0.4) is 0 Å². The van der Waals surface area contributed by atoms with Gasteiger partial charge in [0.05, 0.1) is 0 Å². The number of anilines is 1. The monoisotopic (exact) mass is 475 g/mol. The van der Waals surface area contributed by atoms with Crippen LogP contribution in [0.25, 0.3) is 0 Å². The third-order valence-electron chi connectivity index (χ3n) is 5.49. The maximum absolute atomic E-state index is 12.6. The molecule has 0 radical (unpaired) electrons. The maximum atomic E-state index is 12.6. The number of benzene rings is 3. The van der Waals surface area contributed by atoms with Crippen molar-refractivity contribution in [3.05, 3.63) is 83.9 Å². The minimum absolute atomic E-state index is 0.0384. The van der Waals surface area contributed by atoms with E-state index in [4.69, 9.17) is 14.2 Å². The summed E-state index contributed by atoms with van der Waals surface area (Å²) in [5.41, 5.74) is 2.91. The molecule has 0 unspecified atom stereocenters. The zero-order chi connectivity index (χ0) is 25.5. The Morgan fingerprint density at radius 1 is 0.714 bits per heavy atom. The molecule has 3 aromatic carbocycles. The van der Waals surface area contributed by atoms with Crippen LogP contribution in [0.4, 0.5) is 5.69 Å². The Labute approximate surface area is 209 Å². The standard InChI is InChI=1S/C30H37NO4/c1-29(2,3)22-15-16-27(26(19-22)30(4,5)6)35-21-28(32)31-23-11-10-14-25(20-23)34-18-17-33-24-12-8-7-9-13-24/h7-16,19-20H,17-18,21H2,1-6H3,(H,31,32). The summed E-state index contributed by atoms with van der Waals surface area (Å²) in [4.78, 5) is 12.6. The Balaban J connectivity index is 1.54. The molecule has 0 aromatic heterocycles. The van der Waals surface area contributed by atoms with E-state index in [-0.39, 0.29) is 23.3 Å². The van der Waals surface area contributed by atoms with Crippen molar-refractivity contribution < 1.29 is 19.0 Å². The number of hydrogen-bond donors (Lipinski definition) is 1. The molecular formula is C30H37NO4. The van der Waals surface area contributed by atoms with Crippen molar-refractivity contribution in [2.24, 2.45) is 0 Å². The zero-order valence-corrected chi connectivity index (χ0v) is 21.7. The first kappa shape index (κ1) is 26.1. The Hall–Kier alpha value is -3.47. The lowest BCUT2D eigenvalue weighted by Crippen LogP contribution is -2.22. The Kier molecular flexibility index (Phi) is 8.44. The summed E-state index contributed by atoms with van der Waals surface area (Å²) >= 11 is 0. The smallest absolute Gasteiger partial charge is 0.262 e. The Bertz CT molecular complexity index is 1110. The molecule has 0 aliphatic heterocycles. The third kappa shape index (κ3) is 8.06. The second kappa shape index (κ2) is 11.3. The lowest BCUT2D eigenvalue weighted by molar-refractivity contribution is -0.118. The molecular weight excluding hydrogens is 438 g/mol. The van der Waals surface area contributed by atoms with Crippen LogP contribution in [0.1, 0.15) is 52.7 Å². The van der Waals surface area contributed by atoms with Crippen molar-refractivity contribution in [1.82, 2.24) is 0 Å². The number of hydrogen-bond acceptors (Lipinski definition) is 4. The van der Waals surface area contributed by atoms with E-state index in [1.165, 1.54) is 5.56 Å². The van der Waals surface area contributed by atoms with Gasteiger partial charge in [0.1, 0.15) is 30.5 Å². The second-order valence-corrected chi connectivity index (χ2v) is 10.6. The minimum atomic E-state index is -0.227. The molecule has 0 saturated carbocycles. The third-order valence-corrected chi connectivity index (χ3v) is 5.49. The largest absolute Gasteiger partial charge is 0.490 e. The van der Waals surface area contributed by atoms with Gasteiger partial charge in [-0.05, 0) is 52.3 Å². The molecule has 0 aliphatic rings. The lowest BCUT2D eigenvalue weighted by Gasteiger charge is -2.27. The SMILES string of the molecule is CC(C)(C)c1ccc(OCC(=O)Nc2cccc(OCCOc3ccccc3)c2)c(C(C)(C)C)c1. The fourth-order valence-corrected chi connectivity index (χ4v) is 3.55. The molecule has 3 rings (SSSR count). The van der Waals surface area contributed by atoms with Crippen molar-refractivity contribution in [2.75, 3.05) is 25.1 Å². The number of para-hydroxylation sites is 1. The van der Waals surface area contributed by atoms with Gasteiger partial charge in [-0.1, -0.05) is 77.9 Å². The van der Waals surface area contributed by atoms with Crippen molar-refractivity contribution in [1.29, 1.82) is 0 Å². The number of nitrogens with one attached hydrogen (secondary N) is 1. The molecule has 3 aromatic rings. The Morgan fingerprint density at radius 3 is 2.03 bits per heavy atom. The van der Waals surface area contributed by atoms with Crippen LogP contribution in [-0.4, -0.2) is 25.7 Å². The highest BCUT2D eigenvalue weighted by atomic mass is 16.5. The average molecular weight is 476 g/mol. The molecule has 0 spiro atoms. The van der Waals surface area contributed by atoms with Crippen LogP contribution in [0.15, 0.2) is 72.8 Å². The first-order valence-electron chi connectivity index (χ1n) is 12.0. The fourth-order valence-electron chi connectivity index (χ4n) is 3.55. The van der Waals surface area contributed by atoms with Crippen LogP contribution in [0, 0.1) is 0 Å². The number of carbonyl (C=O) groups is 1. The van der Waals surface area contributed by atoms with Crippen LogP contribution in [0.5, 0.6) is 17.2 Å². The number of carbonyl (C=O) groups excluding carboxylic acids is 1. The number of amides is 1. The van der Waals surface area contributed by atoms with Crippen LogP contribution in [0.2, 0.25) is 0 Å². The molecule has 1 amide bonds. The van der Waals surface area contributed by atoms with Gasteiger partial charge in [-0.25, -0.2) is 0 Å². The van der Waals surface area contributed by atoms with Gasteiger partial charge in [0.2, 0.25) is 0 Å². The molecule has 0 fully saturated rings. The van der Waals surface area contributed by atoms with Crippen molar-refractivity contribution in [3.8, 4) is 17.2 Å². The van der Waals surface area contributed by atoms with E-state index in [9.17, 15) is 4.79 Å². The van der Waals surface area contributed by atoms with Crippen molar-refractivity contribution in [3.63, 3.8) is 0 Å². The van der Waals surface area contributed by atoms with Gasteiger partial charge >= 0.3 is 0 Å². The summed E-state index contributed by atoms with van der Waals surface area (Å²) in [6.45, 7) is 13.8. The van der Waals surface area contributed by atoms with Crippen molar-refractivity contribution >= 4 is 11.6 Å². The summed E-state index contributed by atoms with van der Waals surface area (Å²) in [7, 11) is 0. The summed E-state index contributed by atoms with van der Waals surface area (Å²) in [6.07, 6.45) is 0. The predicted molar refractivity (Wildman–Crippen MR) is 142 cm³/mol. The van der Waals surface area contributed by atoms with Gasteiger partial charge in [0.15, 0.2) is 6.61 Å². The minimum Gasteiger partial charge on any atom is -0.490 e. The summed E-state index contributed by atoms with van der Waals surface area (Å²) in [5.74, 6) is 1.97. The van der Waals surface area contributed by atoms with E-state index < -0.39 is 0 Å². The van der Waals surface area contributed by atoms with Crippen LogP contribution in [-0.2, 0) is 15.6 Å². The van der Waals surface area contributed by atoms with Crippen LogP contribution >= 0.6 is 0 Å². The van der Waals surface area contributed by atoms with Gasteiger partial charge < -0.3 is 19.5 Å². The normalized spacial score (nSPS) is 11.6. The van der Waals surface area contributed by atoms with Gasteiger partial charge in [0.25, 0.3) is 5.91 Å². The van der Waals surface area contributed by atoms with Gasteiger partial charge in [-0.15, -0.1) is 0 Å². The highest BCUT2D eigenvalue weighted by Crippen LogP contribution is 2.35. The number of ether oxygens (including phenoxy) is 3. The van der Waals surface area contributed by atoms with Gasteiger partial charge in [-0.2, -0.15) is 0 Å². The average Bonchev–Trinajstić information content (AvgIpc) is 2.80. The second-order valence-electron chi connectivity index (χ2n) is 10.6. The number of rotatable bonds is 9. The molecule has 0 heterocycles. The summed E-state index contributed by atoms with van der Waals surface area (Å²) < 4.78 is 17.4. The molecule has 0 atom stereocenters. The topological polar surface area (TPSA) is 56.8 Å². The first-order chi connectivity index (χ1) is 16.5. The van der Waals surface area contributed by atoms with Crippen LogP contribution < -0.4 is 19.5 Å². The summed E-state index contributed by atoms with van der Waals surface area (Å²) in [6, 6.07) is 23.1. The fraction of sp³-hybridized carbons (Fsp3) is 0.367. The zero-order valence-electron chi connectivity index (χ0n) is 21.7. The van der Waals surface area contributed by atoms with E-state index in [0.29, 0.717) is 24.7 Å². The Morgan fingerprint density at radius 2 is 1.37 bits per heavy atom. The highest BCUT2D eigenvalue weighted by Gasteiger charge is 2.23. The van der Waals surface area contributed by atoms with E-state index in [0.717, 1.165) is 17.1 Å². The molecule has 0 aliphatic carbocycles. The summed E-state index contributed by atoms with van der Waals surface area (Å²) in [5, 5.41) is 2.89. The highest BCUT2D eigenvalue weighted by molar-refractivity contribution is 5.92. The quantitative estimate of drug-likeness (QED) is 0.348. The van der Waals surface area contributed by atoms with E-state index in [2.05, 4.69) is 59.0 Å².